The Labute approximate surface area is 108 Å². The van der Waals surface area contributed by atoms with Gasteiger partial charge in [-0.15, -0.1) is 6.42 Å². The Bertz CT molecular complexity index is 587. The minimum absolute atomic E-state index is 0.302. The fourth-order valence-electron chi connectivity index (χ4n) is 1.99. The van der Waals surface area contributed by atoms with E-state index in [1.54, 1.807) is 0 Å². The predicted molar refractivity (Wildman–Crippen MR) is 75.3 cm³/mol. The molecule has 0 spiro atoms. The third-order valence-electron chi connectivity index (χ3n) is 3.17. The third-order valence-corrected chi connectivity index (χ3v) is 3.17. The lowest BCUT2D eigenvalue weighted by molar-refractivity contribution is 0.481. The van der Waals surface area contributed by atoms with Crippen LogP contribution in [0, 0.1) is 12.3 Å². The highest BCUT2D eigenvalue weighted by Gasteiger charge is 2.17. The van der Waals surface area contributed by atoms with E-state index in [1.807, 2.05) is 32.0 Å². The van der Waals surface area contributed by atoms with Gasteiger partial charge in [0.2, 0.25) is 0 Å². The van der Waals surface area contributed by atoms with Gasteiger partial charge in [-0.05, 0) is 19.9 Å². The zero-order valence-corrected chi connectivity index (χ0v) is 11.2. The largest absolute Gasteiger partial charge is 0.461 e. The van der Waals surface area contributed by atoms with Crippen LogP contribution in [-0.4, -0.2) is 5.54 Å². The topological polar surface area (TPSA) is 25.2 Å². The number of para-hydroxylation sites is 1. The number of furan rings is 1. The van der Waals surface area contributed by atoms with Crippen LogP contribution in [0.4, 0.5) is 0 Å². The number of rotatable bonds is 4. The van der Waals surface area contributed by atoms with Gasteiger partial charge in [0.05, 0.1) is 5.54 Å². The Morgan fingerprint density at radius 2 is 2.06 bits per heavy atom. The molecule has 0 radical (unpaired) electrons. The summed E-state index contributed by atoms with van der Waals surface area (Å²) >= 11 is 0. The van der Waals surface area contributed by atoms with Crippen LogP contribution in [0.2, 0.25) is 0 Å². The monoisotopic (exact) mass is 241 g/mol. The fourth-order valence-corrected chi connectivity index (χ4v) is 1.99. The number of benzene rings is 1. The Balaban J connectivity index is 2.35. The summed E-state index contributed by atoms with van der Waals surface area (Å²) in [5.41, 5.74) is 1.87. The van der Waals surface area contributed by atoms with Crippen LogP contribution in [0.5, 0.6) is 0 Å². The van der Waals surface area contributed by atoms with Crippen LogP contribution in [0.15, 0.2) is 28.7 Å². The molecule has 18 heavy (non-hydrogen) atoms. The smallest absolute Gasteiger partial charge is 0.134 e. The number of fused-ring (bicyclic) bond motifs is 1. The molecule has 0 saturated heterocycles. The Morgan fingerprint density at radius 1 is 1.33 bits per heavy atom. The quantitative estimate of drug-likeness (QED) is 0.829. The molecule has 1 heterocycles. The van der Waals surface area contributed by atoms with E-state index in [2.05, 4.69) is 24.2 Å². The van der Waals surface area contributed by atoms with Crippen LogP contribution in [-0.2, 0) is 13.0 Å². The summed E-state index contributed by atoms with van der Waals surface area (Å²) in [4.78, 5) is 0. The van der Waals surface area contributed by atoms with Gasteiger partial charge in [-0.2, -0.15) is 0 Å². The summed E-state index contributed by atoms with van der Waals surface area (Å²) in [6.07, 6.45) is 6.38. The van der Waals surface area contributed by atoms with Crippen molar-refractivity contribution in [1.29, 1.82) is 0 Å². The SMILES string of the molecule is C#CC(C)(C)NCc1c(CC)oc2ccccc12. The van der Waals surface area contributed by atoms with Crippen molar-refractivity contribution in [1.82, 2.24) is 5.32 Å². The van der Waals surface area contributed by atoms with Crippen molar-refractivity contribution in [3.8, 4) is 12.3 Å². The van der Waals surface area contributed by atoms with Crippen molar-refractivity contribution < 1.29 is 4.42 Å². The van der Waals surface area contributed by atoms with Crippen molar-refractivity contribution in [3.05, 3.63) is 35.6 Å². The molecule has 2 aromatic rings. The van der Waals surface area contributed by atoms with E-state index in [0.717, 1.165) is 24.3 Å². The summed E-state index contributed by atoms with van der Waals surface area (Å²) < 4.78 is 5.86. The summed E-state index contributed by atoms with van der Waals surface area (Å²) in [5.74, 6) is 3.79. The molecule has 0 unspecified atom stereocenters. The average molecular weight is 241 g/mol. The van der Waals surface area contributed by atoms with Gasteiger partial charge < -0.3 is 4.42 Å². The lowest BCUT2D eigenvalue weighted by Gasteiger charge is -2.19. The molecule has 0 saturated carbocycles. The van der Waals surface area contributed by atoms with Gasteiger partial charge in [0.1, 0.15) is 11.3 Å². The number of hydrogen-bond donors (Lipinski definition) is 1. The summed E-state index contributed by atoms with van der Waals surface area (Å²) in [5, 5.41) is 4.56. The normalized spacial score (nSPS) is 11.7. The minimum Gasteiger partial charge on any atom is -0.461 e. The summed E-state index contributed by atoms with van der Waals surface area (Å²) in [6, 6.07) is 8.13. The molecule has 0 fully saturated rings. The van der Waals surface area contributed by atoms with Crippen molar-refractivity contribution in [2.45, 2.75) is 39.3 Å². The van der Waals surface area contributed by atoms with Gasteiger partial charge in [0.25, 0.3) is 0 Å². The van der Waals surface area contributed by atoms with E-state index in [4.69, 9.17) is 10.8 Å². The summed E-state index contributed by atoms with van der Waals surface area (Å²) in [6.45, 7) is 6.84. The van der Waals surface area contributed by atoms with Crippen LogP contribution >= 0.6 is 0 Å². The van der Waals surface area contributed by atoms with Gasteiger partial charge in [-0.25, -0.2) is 0 Å². The van der Waals surface area contributed by atoms with E-state index in [9.17, 15) is 0 Å². The molecule has 1 N–H and O–H groups in total. The zero-order valence-electron chi connectivity index (χ0n) is 11.2. The van der Waals surface area contributed by atoms with Gasteiger partial charge >= 0.3 is 0 Å². The first kappa shape index (κ1) is 12.7. The molecule has 0 atom stereocenters. The number of nitrogens with one attached hydrogen (secondary N) is 1. The maximum atomic E-state index is 5.86. The highest BCUT2D eigenvalue weighted by atomic mass is 16.3. The Morgan fingerprint density at radius 3 is 2.72 bits per heavy atom. The number of hydrogen-bond acceptors (Lipinski definition) is 2. The van der Waals surface area contributed by atoms with Gasteiger partial charge in [-0.1, -0.05) is 31.0 Å². The Kier molecular flexibility index (Phi) is 3.45. The van der Waals surface area contributed by atoms with Gasteiger partial charge in [0, 0.05) is 23.9 Å². The van der Waals surface area contributed by atoms with Crippen LogP contribution in [0.3, 0.4) is 0 Å². The molecule has 0 aliphatic heterocycles. The zero-order chi connectivity index (χ0) is 13.2. The number of terminal acetylenes is 1. The van der Waals surface area contributed by atoms with E-state index >= 15 is 0 Å². The van der Waals surface area contributed by atoms with Crippen LogP contribution in [0.1, 0.15) is 32.1 Å². The molecule has 0 amide bonds. The molecule has 94 valence electrons. The van der Waals surface area contributed by atoms with Crippen LogP contribution < -0.4 is 5.32 Å². The van der Waals surface area contributed by atoms with Gasteiger partial charge in [-0.3, -0.25) is 5.32 Å². The lowest BCUT2D eigenvalue weighted by atomic mass is 10.0. The molecule has 2 heteroatoms. The number of aryl methyl sites for hydroxylation is 1. The van der Waals surface area contributed by atoms with E-state index in [-0.39, 0.29) is 5.54 Å². The molecule has 0 bridgehead atoms. The molecule has 2 nitrogen and oxygen atoms in total. The molecule has 1 aromatic heterocycles. The maximum Gasteiger partial charge on any atom is 0.134 e. The van der Waals surface area contributed by atoms with E-state index in [0.29, 0.717) is 0 Å². The second-order valence-corrected chi connectivity index (χ2v) is 4.98. The molecule has 1 aromatic carbocycles. The highest BCUT2D eigenvalue weighted by molar-refractivity contribution is 5.82. The fraction of sp³-hybridized carbons (Fsp3) is 0.375. The van der Waals surface area contributed by atoms with Crippen LogP contribution in [0.25, 0.3) is 11.0 Å². The standard InChI is InChI=1S/C16H19NO/c1-5-14-13(11-17-16(3,4)6-2)12-9-7-8-10-15(12)18-14/h2,7-10,17H,5,11H2,1,3-4H3. The lowest BCUT2D eigenvalue weighted by Crippen LogP contribution is -2.37. The predicted octanol–water partition coefficient (Wildman–Crippen LogP) is 3.50. The molecule has 0 aliphatic carbocycles. The van der Waals surface area contributed by atoms with Crippen molar-refractivity contribution >= 4 is 11.0 Å². The molecular weight excluding hydrogens is 222 g/mol. The van der Waals surface area contributed by atoms with Crippen molar-refractivity contribution in [2.24, 2.45) is 0 Å². The first-order valence-corrected chi connectivity index (χ1v) is 6.29. The maximum absolute atomic E-state index is 5.86. The second kappa shape index (κ2) is 4.88. The van der Waals surface area contributed by atoms with Crippen molar-refractivity contribution in [3.63, 3.8) is 0 Å². The van der Waals surface area contributed by atoms with Gasteiger partial charge in [0.15, 0.2) is 0 Å². The van der Waals surface area contributed by atoms with E-state index in [1.165, 1.54) is 10.9 Å². The highest BCUT2D eigenvalue weighted by Crippen LogP contribution is 2.26. The molecular formula is C16H19NO. The first-order valence-electron chi connectivity index (χ1n) is 6.29. The van der Waals surface area contributed by atoms with E-state index < -0.39 is 0 Å². The first-order chi connectivity index (χ1) is 8.57. The summed E-state index contributed by atoms with van der Waals surface area (Å²) in [7, 11) is 0. The molecule has 0 aliphatic rings. The van der Waals surface area contributed by atoms with Crippen molar-refractivity contribution in [2.75, 3.05) is 0 Å². The molecule has 2 rings (SSSR count). The average Bonchev–Trinajstić information content (AvgIpc) is 2.74. The third kappa shape index (κ3) is 2.42. The second-order valence-electron chi connectivity index (χ2n) is 4.98. The Hall–Kier alpha value is -1.72. The minimum atomic E-state index is -0.302.